The zero-order valence-electron chi connectivity index (χ0n) is 14.5. The molecule has 0 atom stereocenters. The average Bonchev–Trinajstić information content (AvgIpc) is 3.45. The Kier molecular flexibility index (Phi) is 5.38. The van der Waals surface area contributed by atoms with Gasteiger partial charge in [0.2, 0.25) is 5.91 Å². The number of rotatable bonds is 8. The number of amides is 1. The van der Waals surface area contributed by atoms with Gasteiger partial charge in [-0.25, -0.2) is 4.98 Å². The van der Waals surface area contributed by atoms with E-state index in [0.29, 0.717) is 36.1 Å². The average molecular weight is 341 g/mol. The SMILES string of the molecule is COc1ccc(CCC(=O)Nc2ccc(NC3CC3)nc2)cc1OC. The van der Waals surface area contributed by atoms with Gasteiger partial charge < -0.3 is 20.1 Å². The third kappa shape index (κ3) is 4.86. The van der Waals surface area contributed by atoms with E-state index in [1.54, 1.807) is 20.4 Å². The molecule has 25 heavy (non-hydrogen) atoms. The second-order valence-electron chi connectivity index (χ2n) is 6.09. The lowest BCUT2D eigenvalue weighted by atomic mass is 10.1. The van der Waals surface area contributed by atoms with Gasteiger partial charge in [-0.15, -0.1) is 0 Å². The van der Waals surface area contributed by atoms with Crippen LogP contribution in [0.3, 0.4) is 0 Å². The van der Waals surface area contributed by atoms with Gasteiger partial charge in [0, 0.05) is 12.5 Å². The summed E-state index contributed by atoms with van der Waals surface area (Å²) in [6.07, 6.45) is 5.10. The van der Waals surface area contributed by atoms with E-state index in [1.807, 2.05) is 30.3 Å². The number of carbonyl (C=O) groups is 1. The summed E-state index contributed by atoms with van der Waals surface area (Å²) in [5.74, 6) is 2.16. The lowest BCUT2D eigenvalue weighted by Gasteiger charge is -2.10. The number of hydrogen-bond donors (Lipinski definition) is 2. The number of carbonyl (C=O) groups excluding carboxylic acids is 1. The highest BCUT2D eigenvalue weighted by Crippen LogP contribution is 2.28. The molecule has 2 aromatic rings. The van der Waals surface area contributed by atoms with Crippen LogP contribution in [0.5, 0.6) is 11.5 Å². The number of anilines is 2. The first kappa shape index (κ1) is 17.1. The zero-order valence-corrected chi connectivity index (χ0v) is 14.5. The molecule has 6 heteroatoms. The van der Waals surface area contributed by atoms with Crippen molar-refractivity contribution in [3.8, 4) is 11.5 Å². The van der Waals surface area contributed by atoms with Crippen molar-refractivity contribution in [2.75, 3.05) is 24.9 Å². The number of aromatic nitrogens is 1. The molecule has 1 saturated carbocycles. The molecule has 1 aliphatic carbocycles. The molecule has 6 nitrogen and oxygen atoms in total. The normalized spacial score (nSPS) is 13.2. The molecule has 0 radical (unpaired) electrons. The minimum absolute atomic E-state index is 0.0421. The molecule has 0 bridgehead atoms. The summed E-state index contributed by atoms with van der Waals surface area (Å²) in [4.78, 5) is 16.4. The molecular weight excluding hydrogens is 318 g/mol. The van der Waals surface area contributed by atoms with Crippen molar-refractivity contribution >= 4 is 17.4 Å². The molecule has 1 aromatic heterocycles. The highest BCUT2D eigenvalue weighted by Gasteiger charge is 2.21. The first-order valence-electron chi connectivity index (χ1n) is 8.41. The number of hydrogen-bond acceptors (Lipinski definition) is 5. The zero-order chi connectivity index (χ0) is 17.6. The minimum atomic E-state index is -0.0421. The molecule has 0 aliphatic heterocycles. The van der Waals surface area contributed by atoms with Crippen LogP contribution in [-0.4, -0.2) is 31.2 Å². The predicted octanol–water partition coefficient (Wildman–Crippen LogP) is 3.24. The Morgan fingerprint density at radius 1 is 1.16 bits per heavy atom. The van der Waals surface area contributed by atoms with Crippen LogP contribution < -0.4 is 20.1 Å². The quantitative estimate of drug-likeness (QED) is 0.771. The third-order valence-electron chi connectivity index (χ3n) is 4.07. The summed E-state index contributed by atoms with van der Waals surface area (Å²) < 4.78 is 10.5. The van der Waals surface area contributed by atoms with Gasteiger partial charge in [0.15, 0.2) is 11.5 Å². The van der Waals surface area contributed by atoms with E-state index in [1.165, 1.54) is 12.8 Å². The molecule has 1 heterocycles. The molecule has 0 saturated heterocycles. The lowest BCUT2D eigenvalue weighted by molar-refractivity contribution is -0.116. The fourth-order valence-electron chi connectivity index (χ4n) is 2.51. The van der Waals surface area contributed by atoms with Gasteiger partial charge in [-0.3, -0.25) is 4.79 Å². The Morgan fingerprint density at radius 3 is 2.60 bits per heavy atom. The lowest BCUT2D eigenvalue weighted by Crippen LogP contribution is -2.13. The van der Waals surface area contributed by atoms with Gasteiger partial charge in [0.05, 0.1) is 26.1 Å². The van der Waals surface area contributed by atoms with E-state index in [0.717, 1.165) is 11.4 Å². The predicted molar refractivity (Wildman–Crippen MR) is 97.4 cm³/mol. The Morgan fingerprint density at radius 2 is 1.96 bits per heavy atom. The minimum Gasteiger partial charge on any atom is -0.493 e. The van der Waals surface area contributed by atoms with E-state index in [-0.39, 0.29) is 5.91 Å². The Hall–Kier alpha value is -2.76. The second kappa shape index (κ2) is 7.88. The smallest absolute Gasteiger partial charge is 0.224 e. The van der Waals surface area contributed by atoms with E-state index >= 15 is 0 Å². The molecule has 1 aliphatic rings. The molecule has 0 unspecified atom stereocenters. The van der Waals surface area contributed by atoms with Crippen molar-refractivity contribution in [1.29, 1.82) is 0 Å². The summed E-state index contributed by atoms with van der Waals surface area (Å²) in [6, 6.07) is 10.0. The number of aryl methyl sites for hydroxylation is 1. The van der Waals surface area contributed by atoms with Crippen molar-refractivity contribution in [2.45, 2.75) is 31.7 Å². The molecule has 132 valence electrons. The van der Waals surface area contributed by atoms with Gasteiger partial charge in [0.1, 0.15) is 5.82 Å². The van der Waals surface area contributed by atoms with Gasteiger partial charge in [-0.05, 0) is 49.1 Å². The van der Waals surface area contributed by atoms with Crippen molar-refractivity contribution in [3.63, 3.8) is 0 Å². The molecule has 1 amide bonds. The van der Waals surface area contributed by atoms with Crippen LogP contribution >= 0.6 is 0 Å². The van der Waals surface area contributed by atoms with Crippen LogP contribution in [0, 0.1) is 0 Å². The van der Waals surface area contributed by atoms with Crippen molar-refractivity contribution < 1.29 is 14.3 Å². The van der Waals surface area contributed by atoms with Gasteiger partial charge in [0.25, 0.3) is 0 Å². The van der Waals surface area contributed by atoms with Crippen LogP contribution in [-0.2, 0) is 11.2 Å². The van der Waals surface area contributed by atoms with E-state index in [9.17, 15) is 4.79 Å². The number of benzene rings is 1. The highest BCUT2D eigenvalue weighted by atomic mass is 16.5. The molecule has 1 fully saturated rings. The monoisotopic (exact) mass is 341 g/mol. The summed E-state index contributed by atoms with van der Waals surface area (Å²) in [6.45, 7) is 0. The number of nitrogens with one attached hydrogen (secondary N) is 2. The molecule has 3 rings (SSSR count). The summed E-state index contributed by atoms with van der Waals surface area (Å²) in [5.41, 5.74) is 1.73. The number of pyridine rings is 1. The highest BCUT2D eigenvalue weighted by molar-refractivity contribution is 5.90. The maximum absolute atomic E-state index is 12.1. The fourth-order valence-corrected chi connectivity index (χ4v) is 2.51. The van der Waals surface area contributed by atoms with Crippen LogP contribution in [0.15, 0.2) is 36.5 Å². The molecule has 2 N–H and O–H groups in total. The maximum atomic E-state index is 12.1. The Balaban J connectivity index is 1.50. The fraction of sp³-hybridized carbons (Fsp3) is 0.368. The molecule has 1 aromatic carbocycles. The van der Waals surface area contributed by atoms with E-state index in [2.05, 4.69) is 15.6 Å². The Labute approximate surface area is 147 Å². The topological polar surface area (TPSA) is 72.5 Å². The van der Waals surface area contributed by atoms with E-state index in [4.69, 9.17) is 9.47 Å². The maximum Gasteiger partial charge on any atom is 0.224 e. The standard InChI is InChI=1S/C19H23N3O3/c1-24-16-8-3-13(11-17(16)25-2)4-10-19(23)22-15-7-9-18(20-12-15)21-14-5-6-14/h3,7-9,11-12,14H,4-6,10H2,1-2H3,(H,20,21)(H,22,23). The van der Waals surface area contributed by atoms with Crippen LogP contribution in [0.4, 0.5) is 11.5 Å². The van der Waals surface area contributed by atoms with E-state index < -0.39 is 0 Å². The van der Waals surface area contributed by atoms with Crippen molar-refractivity contribution in [3.05, 3.63) is 42.1 Å². The Bertz CT molecular complexity index is 727. The summed E-state index contributed by atoms with van der Waals surface area (Å²) in [5, 5.41) is 6.19. The molecular formula is C19H23N3O3. The molecule has 0 spiro atoms. The largest absolute Gasteiger partial charge is 0.493 e. The third-order valence-corrected chi connectivity index (χ3v) is 4.07. The van der Waals surface area contributed by atoms with Crippen molar-refractivity contribution in [1.82, 2.24) is 4.98 Å². The summed E-state index contributed by atoms with van der Waals surface area (Å²) >= 11 is 0. The van der Waals surface area contributed by atoms with Crippen LogP contribution in [0.25, 0.3) is 0 Å². The van der Waals surface area contributed by atoms with Gasteiger partial charge in [-0.1, -0.05) is 6.07 Å². The first-order chi connectivity index (χ1) is 12.2. The second-order valence-corrected chi connectivity index (χ2v) is 6.09. The van der Waals surface area contributed by atoms with Crippen molar-refractivity contribution in [2.24, 2.45) is 0 Å². The number of ether oxygens (including phenoxy) is 2. The van der Waals surface area contributed by atoms with Crippen LogP contribution in [0.1, 0.15) is 24.8 Å². The van der Waals surface area contributed by atoms with Gasteiger partial charge >= 0.3 is 0 Å². The van der Waals surface area contributed by atoms with Crippen LogP contribution in [0.2, 0.25) is 0 Å². The summed E-state index contributed by atoms with van der Waals surface area (Å²) in [7, 11) is 3.20. The first-order valence-corrected chi connectivity index (χ1v) is 8.41. The number of nitrogens with zero attached hydrogens (tertiary/aromatic N) is 1. The van der Waals surface area contributed by atoms with Gasteiger partial charge in [-0.2, -0.15) is 0 Å². The number of methoxy groups -OCH3 is 2.